The summed E-state index contributed by atoms with van der Waals surface area (Å²) >= 11 is 0. The van der Waals surface area contributed by atoms with Gasteiger partial charge in [-0.2, -0.15) is 0 Å². The SMILES string of the molecule is CC(=O)N1CCC(C)(N2CCC(O)CC2)C1. The molecule has 4 nitrogen and oxygen atoms in total. The quantitative estimate of drug-likeness (QED) is 0.706. The normalized spacial score (nSPS) is 33.3. The van der Waals surface area contributed by atoms with Crippen LogP contribution >= 0.6 is 0 Å². The Balaban J connectivity index is 1.96. The molecule has 2 rings (SSSR count). The number of rotatable bonds is 1. The second-order valence-electron chi connectivity index (χ2n) is 5.41. The summed E-state index contributed by atoms with van der Waals surface area (Å²) in [5.41, 5.74) is 0.131. The number of hydrogen-bond donors (Lipinski definition) is 1. The Hall–Kier alpha value is -0.610. The van der Waals surface area contributed by atoms with Gasteiger partial charge in [0, 0.05) is 38.6 Å². The standard InChI is InChI=1S/C12H22N2O2/c1-10(15)13-8-5-12(2,9-13)14-6-3-11(16)4-7-14/h11,16H,3-9H2,1-2H3. The van der Waals surface area contributed by atoms with Gasteiger partial charge in [0.1, 0.15) is 0 Å². The third kappa shape index (κ3) is 2.23. The predicted molar refractivity (Wildman–Crippen MR) is 62.1 cm³/mol. The smallest absolute Gasteiger partial charge is 0.219 e. The van der Waals surface area contributed by atoms with E-state index in [9.17, 15) is 9.90 Å². The van der Waals surface area contributed by atoms with Gasteiger partial charge in [0.05, 0.1) is 6.10 Å². The number of aliphatic hydroxyl groups is 1. The lowest BCUT2D eigenvalue weighted by Gasteiger charge is -2.41. The fourth-order valence-corrected chi connectivity index (χ4v) is 2.88. The first-order chi connectivity index (χ1) is 7.51. The van der Waals surface area contributed by atoms with Gasteiger partial charge < -0.3 is 10.0 Å². The molecule has 0 aromatic carbocycles. The van der Waals surface area contributed by atoms with Gasteiger partial charge >= 0.3 is 0 Å². The molecular weight excluding hydrogens is 204 g/mol. The fourth-order valence-electron chi connectivity index (χ4n) is 2.88. The maximum atomic E-state index is 11.3. The molecule has 4 heteroatoms. The molecule has 0 saturated carbocycles. The van der Waals surface area contributed by atoms with Crippen molar-refractivity contribution in [1.82, 2.24) is 9.80 Å². The molecule has 2 saturated heterocycles. The molecule has 0 spiro atoms. The van der Waals surface area contributed by atoms with E-state index >= 15 is 0 Å². The van der Waals surface area contributed by atoms with Crippen molar-refractivity contribution in [3.63, 3.8) is 0 Å². The van der Waals surface area contributed by atoms with Crippen molar-refractivity contribution in [1.29, 1.82) is 0 Å². The van der Waals surface area contributed by atoms with Crippen LogP contribution in [0.1, 0.15) is 33.1 Å². The van der Waals surface area contributed by atoms with Crippen molar-refractivity contribution < 1.29 is 9.90 Å². The van der Waals surface area contributed by atoms with Crippen molar-refractivity contribution in [2.24, 2.45) is 0 Å². The summed E-state index contributed by atoms with van der Waals surface area (Å²) in [4.78, 5) is 15.7. The molecule has 1 N–H and O–H groups in total. The zero-order valence-corrected chi connectivity index (χ0v) is 10.3. The highest BCUT2D eigenvalue weighted by Gasteiger charge is 2.40. The average Bonchev–Trinajstić information content (AvgIpc) is 2.63. The molecule has 92 valence electrons. The van der Waals surface area contributed by atoms with Gasteiger partial charge in [0.25, 0.3) is 0 Å². The molecule has 16 heavy (non-hydrogen) atoms. The van der Waals surface area contributed by atoms with Crippen LogP contribution in [0.5, 0.6) is 0 Å². The summed E-state index contributed by atoms with van der Waals surface area (Å²) in [5.74, 6) is 0.181. The third-order valence-corrected chi connectivity index (χ3v) is 4.13. The zero-order valence-electron chi connectivity index (χ0n) is 10.3. The fraction of sp³-hybridized carbons (Fsp3) is 0.917. The van der Waals surface area contributed by atoms with Crippen molar-refractivity contribution >= 4 is 5.91 Å². The molecule has 0 aliphatic carbocycles. The maximum absolute atomic E-state index is 11.3. The van der Waals surface area contributed by atoms with Crippen LogP contribution in [0.15, 0.2) is 0 Å². The van der Waals surface area contributed by atoms with Gasteiger partial charge in [-0.1, -0.05) is 0 Å². The van der Waals surface area contributed by atoms with E-state index in [-0.39, 0.29) is 17.6 Å². The van der Waals surface area contributed by atoms with Gasteiger partial charge in [-0.15, -0.1) is 0 Å². The van der Waals surface area contributed by atoms with E-state index in [1.165, 1.54) is 0 Å². The lowest BCUT2D eigenvalue weighted by molar-refractivity contribution is -0.128. The van der Waals surface area contributed by atoms with Crippen molar-refractivity contribution in [3.05, 3.63) is 0 Å². The van der Waals surface area contributed by atoms with E-state index in [2.05, 4.69) is 11.8 Å². The van der Waals surface area contributed by atoms with Crippen LogP contribution in [-0.4, -0.2) is 58.6 Å². The Labute approximate surface area is 97.2 Å². The van der Waals surface area contributed by atoms with E-state index in [0.29, 0.717) is 0 Å². The summed E-state index contributed by atoms with van der Waals surface area (Å²) < 4.78 is 0. The Kier molecular flexibility index (Phi) is 3.22. The largest absolute Gasteiger partial charge is 0.393 e. The molecule has 0 bridgehead atoms. The molecule has 2 heterocycles. The topological polar surface area (TPSA) is 43.8 Å². The zero-order chi connectivity index (χ0) is 11.8. The number of aliphatic hydroxyl groups excluding tert-OH is 1. The van der Waals surface area contributed by atoms with E-state index in [0.717, 1.165) is 45.4 Å². The summed E-state index contributed by atoms with van der Waals surface area (Å²) in [6.07, 6.45) is 2.68. The first kappa shape index (κ1) is 11.9. The molecule has 0 aromatic heterocycles. The first-order valence-electron chi connectivity index (χ1n) is 6.20. The van der Waals surface area contributed by atoms with Gasteiger partial charge in [0.15, 0.2) is 0 Å². The van der Waals surface area contributed by atoms with Gasteiger partial charge in [-0.05, 0) is 26.2 Å². The Morgan fingerprint density at radius 1 is 1.31 bits per heavy atom. The lowest BCUT2D eigenvalue weighted by atomic mass is 9.95. The van der Waals surface area contributed by atoms with Crippen molar-refractivity contribution in [3.8, 4) is 0 Å². The van der Waals surface area contributed by atoms with Crippen LogP contribution in [-0.2, 0) is 4.79 Å². The minimum atomic E-state index is -0.120. The number of piperidine rings is 1. The molecule has 1 atom stereocenters. The third-order valence-electron chi connectivity index (χ3n) is 4.13. The Bertz CT molecular complexity index is 274. The summed E-state index contributed by atoms with van der Waals surface area (Å²) in [5, 5.41) is 9.50. The maximum Gasteiger partial charge on any atom is 0.219 e. The number of carbonyl (C=O) groups is 1. The van der Waals surface area contributed by atoms with Gasteiger partial charge in [-0.25, -0.2) is 0 Å². The molecule has 2 aliphatic rings. The van der Waals surface area contributed by atoms with E-state index in [4.69, 9.17) is 0 Å². The Morgan fingerprint density at radius 2 is 1.94 bits per heavy atom. The number of amides is 1. The molecular formula is C12H22N2O2. The monoisotopic (exact) mass is 226 g/mol. The second-order valence-corrected chi connectivity index (χ2v) is 5.41. The summed E-state index contributed by atoms with van der Waals surface area (Å²) in [6, 6.07) is 0. The number of hydrogen-bond acceptors (Lipinski definition) is 3. The van der Waals surface area contributed by atoms with Crippen LogP contribution in [0.3, 0.4) is 0 Å². The van der Waals surface area contributed by atoms with Crippen LogP contribution < -0.4 is 0 Å². The molecule has 2 aliphatic heterocycles. The van der Waals surface area contributed by atoms with Crippen molar-refractivity contribution in [2.45, 2.75) is 44.8 Å². The summed E-state index contributed by atoms with van der Waals surface area (Å²) in [7, 11) is 0. The van der Waals surface area contributed by atoms with Crippen LogP contribution in [0.4, 0.5) is 0 Å². The highest BCUT2D eigenvalue weighted by molar-refractivity contribution is 5.73. The predicted octanol–water partition coefficient (Wildman–Crippen LogP) is 0.454. The Morgan fingerprint density at radius 3 is 2.44 bits per heavy atom. The molecule has 2 fully saturated rings. The molecule has 0 aromatic rings. The average molecular weight is 226 g/mol. The molecule has 0 radical (unpaired) electrons. The van der Waals surface area contributed by atoms with Crippen molar-refractivity contribution in [2.75, 3.05) is 26.2 Å². The van der Waals surface area contributed by atoms with Gasteiger partial charge in [-0.3, -0.25) is 9.69 Å². The molecule has 1 unspecified atom stereocenters. The molecule has 1 amide bonds. The number of likely N-dealkylation sites (tertiary alicyclic amines) is 2. The minimum Gasteiger partial charge on any atom is -0.393 e. The van der Waals surface area contributed by atoms with E-state index < -0.39 is 0 Å². The highest BCUT2D eigenvalue weighted by Crippen LogP contribution is 2.30. The second kappa shape index (κ2) is 4.34. The van der Waals surface area contributed by atoms with E-state index in [1.807, 2.05) is 4.90 Å². The van der Waals surface area contributed by atoms with Crippen LogP contribution in [0.25, 0.3) is 0 Å². The lowest BCUT2D eigenvalue weighted by Crippen LogP contribution is -2.52. The number of carbonyl (C=O) groups excluding carboxylic acids is 1. The van der Waals surface area contributed by atoms with E-state index in [1.54, 1.807) is 6.92 Å². The summed E-state index contributed by atoms with van der Waals surface area (Å²) in [6.45, 7) is 7.54. The van der Waals surface area contributed by atoms with Gasteiger partial charge in [0.2, 0.25) is 5.91 Å². The number of nitrogens with zero attached hydrogens (tertiary/aromatic N) is 2. The minimum absolute atomic E-state index is 0.120. The van der Waals surface area contributed by atoms with Crippen LogP contribution in [0, 0.1) is 0 Å². The van der Waals surface area contributed by atoms with Crippen LogP contribution in [0.2, 0.25) is 0 Å². The first-order valence-corrected chi connectivity index (χ1v) is 6.20. The highest BCUT2D eigenvalue weighted by atomic mass is 16.3.